The molecule has 1 aliphatic rings. The van der Waals surface area contributed by atoms with Crippen LogP contribution in [0.25, 0.3) is 5.65 Å². The van der Waals surface area contributed by atoms with Crippen LogP contribution < -0.4 is 0 Å². The van der Waals surface area contributed by atoms with Gasteiger partial charge in [0, 0.05) is 19.3 Å². The SMILES string of the molecule is CCOC(=O)C1CCN(C(=O)c2ccc3nnc(Cc4ccco4)n3c2)CC1. The van der Waals surface area contributed by atoms with E-state index in [1.54, 1.807) is 36.4 Å². The van der Waals surface area contributed by atoms with Crippen molar-refractivity contribution in [2.75, 3.05) is 19.7 Å². The van der Waals surface area contributed by atoms with Crippen LogP contribution in [0.3, 0.4) is 0 Å². The Labute approximate surface area is 162 Å². The molecule has 1 fully saturated rings. The minimum absolute atomic E-state index is 0.0538. The minimum Gasteiger partial charge on any atom is -0.469 e. The number of furan rings is 1. The van der Waals surface area contributed by atoms with Crippen molar-refractivity contribution in [2.45, 2.75) is 26.2 Å². The largest absolute Gasteiger partial charge is 0.469 e. The van der Waals surface area contributed by atoms with E-state index in [0.717, 1.165) is 5.76 Å². The van der Waals surface area contributed by atoms with Crippen LogP contribution in [0.4, 0.5) is 0 Å². The molecule has 1 aliphatic heterocycles. The van der Waals surface area contributed by atoms with Crippen LogP contribution in [0, 0.1) is 5.92 Å². The second kappa shape index (κ2) is 7.84. The maximum absolute atomic E-state index is 12.9. The average Bonchev–Trinajstić information content (AvgIpc) is 3.38. The Balaban J connectivity index is 1.48. The molecular weight excluding hydrogens is 360 g/mol. The van der Waals surface area contributed by atoms with Gasteiger partial charge in [-0.3, -0.25) is 14.0 Å². The highest BCUT2D eigenvalue weighted by molar-refractivity contribution is 5.94. The zero-order valence-corrected chi connectivity index (χ0v) is 15.7. The van der Waals surface area contributed by atoms with Crippen molar-refractivity contribution in [2.24, 2.45) is 5.92 Å². The predicted molar refractivity (Wildman–Crippen MR) is 99.8 cm³/mol. The number of nitrogens with zero attached hydrogens (tertiary/aromatic N) is 4. The number of amides is 1. The smallest absolute Gasteiger partial charge is 0.309 e. The molecule has 28 heavy (non-hydrogen) atoms. The Morgan fingerprint density at radius 3 is 2.75 bits per heavy atom. The van der Waals surface area contributed by atoms with Crippen molar-refractivity contribution in [1.82, 2.24) is 19.5 Å². The number of piperidine rings is 1. The van der Waals surface area contributed by atoms with Gasteiger partial charge in [0.1, 0.15) is 11.6 Å². The number of carbonyl (C=O) groups excluding carboxylic acids is 2. The number of hydrogen-bond donors (Lipinski definition) is 0. The molecule has 0 aliphatic carbocycles. The number of ether oxygens (including phenoxy) is 1. The van der Waals surface area contributed by atoms with E-state index < -0.39 is 0 Å². The Hall–Kier alpha value is -3.16. The molecule has 0 spiro atoms. The van der Waals surface area contributed by atoms with E-state index in [1.807, 2.05) is 16.5 Å². The summed E-state index contributed by atoms with van der Waals surface area (Å²) in [6.45, 7) is 3.28. The zero-order valence-electron chi connectivity index (χ0n) is 15.7. The fourth-order valence-corrected chi connectivity index (χ4v) is 3.52. The molecule has 146 valence electrons. The maximum Gasteiger partial charge on any atom is 0.309 e. The molecular formula is C20H22N4O4. The predicted octanol–water partition coefficient (Wildman–Crippen LogP) is 2.33. The van der Waals surface area contributed by atoms with Gasteiger partial charge >= 0.3 is 5.97 Å². The van der Waals surface area contributed by atoms with Gasteiger partial charge < -0.3 is 14.1 Å². The highest BCUT2D eigenvalue weighted by Crippen LogP contribution is 2.21. The standard InChI is InChI=1S/C20H22N4O4/c1-2-27-20(26)14-7-9-23(10-8-14)19(25)15-5-6-17-21-22-18(24(17)13-15)12-16-4-3-11-28-16/h3-6,11,13-14H,2,7-10,12H2,1H3. The number of likely N-dealkylation sites (tertiary alicyclic amines) is 1. The van der Waals surface area contributed by atoms with Gasteiger partial charge in [0.2, 0.25) is 0 Å². The van der Waals surface area contributed by atoms with Crippen LogP contribution in [0.15, 0.2) is 41.1 Å². The van der Waals surface area contributed by atoms with Crippen molar-refractivity contribution in [3.63, 3.8) is 0 Å². The normalized spacial score (nSPS) is 15.1. The Morgan fingerprint density at radius 1 is 1.21 bits per heavy atom. The molecule has 0 saturated carbocycles. The lowest BCUT2D eigenvalue weighted by Gasteiger charge is -2.30. The first-order valence-electron chi connectivity index (χ1n) is 9.47. The van der Waals surface area contributed by atoms with E-state index in [2.05, 4.69) is 10.2 Å². The van der Waals surface area contributed by atoms with Crippen molar-refractivity contribution in [3.8, 4) is 0 Å². The number of fused-ring (bicyclic) bond motifs is 1. The summed E-state index contributed by atoms with van der Waals surface area (Å²) in [7, 11) is 0. The van der Waals surface area contributed by atoms with Crippen LogP contribution in [-0.4, -0.2) is 51.1 Å². The molecule has 0 bridgehead atoms. The molecule has 1 saturated heterocycles. The molecule has 3 aromatic heterocycles. The fourth-order valence-electron chi connectivity index (χ4n) is 3.52. The van der Waals surface area contributed by atoms with Gasteiger partial charge in [-0.2, -0.15) is 0 Å². The van der Waals surface area contributed by atoms with Gasteiger partial charge in [0.05, 0.1) is 30.8 Å². The number of carbonyl (C=O) groups is 2. The van der Waals surface area contributed by atoms with E-state index in [0.29, 0.717) is 56.0 Å². The summed E-state index contributed by atoms with van der Waals surface area (Å²) < 4.78 is 12.3. The molecule has 8 heteroatoms. The molecule has 0 atom stereocenters. The topological polar surface area (TPSA) is 89.9 Å². The maximum atomic E-state index is 12.9. The second-order valence-corrected chi connectivity index (χ2v) is 6.84. The highest BCUT2D eigenvalue weighted by Gasteiger charge is 2.28. The van der Waals surface area contributed by atoms with E-state index in [4.69, 9.17) is 9.15 Å². The van der Waals surface area contributed by atoms with Gasteiger partial charge in [0.25, 0.3) is 5.91 Å². The first kappa shape index (κ1) is 18.2. The molecule has 0 unspecified atom stereocenters. The number of rotatable bonds is 5. The lowest BCUT2D eigenvalue weighted by Crippen LogP contribution is -2.40. The van der Waals surface area contributed by atoms with Crippen molar-refractivity contribution >= 4 is 17.5 Å². The number of esters is 1. The first-order chi connectivity index (χ1) is 13.7. The van der Waals surface area contributed by atoms with Crippen molar-refractivity contribution in [1.29, 1.82) is 0 Å². The molecule has 1 amide bonds. The Kier molecular flexibility index (Phi) is 5.10. The van der Waals surface area contributed by atoms with Gasteiger partial charge in [-0.1, -0.05) is 0 Å². The zero-order chi connectivity index (χ0) is 19.5. The third-order valence-corrected chi connectivity index (χ3v) is 5.03. The third kappa shape index (κ3) is 3.62. The highest BCUT2D eigenvalue weighted by atomic mass is 16.5. The first-order valence-corrected chi connectivity index (χ1v) is 9.47. The Morgan fingerprint density at radius 2 is 2.04 bits per heavy atom. The van der Waals surface area contributed by atoms with E-state index in [1.165, 1.54) is 0 Å². The average molecular weight is 382 g/mol. The molecule has 0 N–H and O–H groups in total. The molecule has 4 rings (SSSR count). The van der Waals surface area contributed by atoms with E-state index in [-0.39, 0.29) is 17.8 Å². The van der Waals surface area contributed by atoms with Crippen LogP contribution in [0.5, 0.6) is 0 Å². The van der Waals surface area contributed by atoms with Gasteiger partial charge in [0.15, 0.2) is 5.65 Å². The summed E-state index contributed by atoms with van der Waals surface area (Å²) in [4.78, 5) is 26.6. The van der Waals surface area contributed by atoms with Crippen LogP contribution in [0.1, 0.15) is 41.7 Å². The van der Waals surface area contributed by atoms with Gasteiger partial charge in [-0.25, -0.2) is 0 Å². The minimum atomic E-state index is -0.164. The van der Waals surface area contributed by atoms with Gasteiger partial charge in [-0.15, -0.1) is 10.2 Å². The monoisotopic (exact) mass is 382 g/mol. The van der Waals surface area contributed by atoms with Crippen LogP contribution >= 0.6 is 0 Å². The van der Waals surface area contributed by atoms with Crippen molar-refractivity contribution < 1.29 is 18.7 Å². The quantitative estimate of drug-likeness (QED) is 0.629. The number of pyridine rings is 1. The van der Waals surface area contributed by atoms with Gasteiger partial charge in [-0.05, 0) is 44.0 Å². The van der Waals surface area contributed by atoms with Crippen LogP contribution in [-0.2, 0) is 16.0 Å². The molecule has 0 radical (unpaired) electrons. The lowest BCUT2D eigenvalue weighted by atomic mass is 9.96. The summed E-state index contributed by atoms with van der Waals surface area (Å²) >= 11 is 0. The Bertz CT molecular complexity index is 971. The third-order valence-electron chi connectivity index (χ3n) is 5.03. The van der Waals surface area contributed by atoms with E-state index in [9.17, 15) is 9.59 Å². The summed E-state index contributed by atoms with van der Waals surface area (Å²) in [5.74, 6) is 1.15. The summed E-state index contributed by atoms with van der Waals surface area (Å²) in [5, 5.41) is 8.36. The fraction of sp³-hybridized carbons (Fsp3) is 0.400. The number of hydrogen-bond acceptors (Lipinski definition) is 6. The molecule has 3 aromatic rings. The second-order valence-electron chi connectivity index (χ2n) is 6.84. The molecule has 0 aromatic carbocycles. The summed E-state index contributed by atoms with van der Waals surface area (Å²) in [6, 6.07) is 7.26. The summed E-state index contributed by atoms with van der Waals surface area (Å²) in [6.07, 6.45) is 5.14. The van der Waals surface area contributed by atoms with E-state index >= 15 is 0 Å². The number of aromatic nitrogens is 3. The van der Waals surface area contributed by atoms with Crippen LogP contribution in [0.2, 0.25) is 0 Å². The lowest BCUT2D eigenvalue weighted by molar-refractivity contribution is -0.149. The summed E-state index contributed by atoms with van der Waals surface area (Å²) in [5.41, 5.74) is 1.25. The molecule has 8 nitrogen and oxygen atoms in total. The molecule has 4 heterocycles. The van der Waals surface area contributed by atoms with Crippen molar-refractivity contribution in [3.05, 3.63) is 53.9 Å².